The SMILES string of the molecule is CC(=O)OCC(=O)[C@H]1[C@H](C2=CN=CC2)CC2C3CCC4=CC(=O)C=C[C@]4(C)C3=CC[C@@]21C. The molecule has 1 heterocycles. The van der Waals surface area contributed by atoms with Gasteiger partial charge < -0.3 is 4.74 Å². The number of esters is 1. The summed E-state index contributed by atoms with van der Waals surface area (Å²) in [6, 6.07) is 0. The van der Waals surface area contributed by atoms with Gasteiger partial charge in [-0.25, -0.2) is 0 Å². The van der Waals surface area contributed by atoms with Crippen molar-refractivity contribution in [2.24, 2.45) is 39.5 Å². The second kappa shape index (κ2) is 7.50. The van der Waals surface area contributed by atoms with E-state index in [1.165, 1.54) is 23.6 Å². The van der Waals surface area contributed by atoms with Gasteiger partial charge >= 0.3 is 5.97 Å². The van der Waals surface area contributed by atoms with Crippen molar-refractivity contribution < 1.29 is 19.1 Å². The van der Waals surface area contributed by atoms with Crippen molar-refractivity contribution >= 4 is 23.8 Å². The summed E-state index contributed by atoms with van der Waals surface area (Å²) < 4.78 is 5.15. The van der Waals surface area contributed by atoms with Crippen LogP contribution in [0, 0.1) is 34.5 Å². The van der Waals surface area contributed by atoms with Gasteiger partial charge in [-0.05, 0) is 73.5 Å². The van der Waals surface area contributed by atoms with Gasteiger partial charge in [-0.3, -0.25) is 19.4 Å². The first kappa shape index (κ1) is 21.3. The number of hydrogen-bond acceptors (Lipinski definition) is 5. The molecule has 5 rings (SSSR count). The van der Waals surface area contributed by atoms with E-state index in [4.69, 9.17) is 4.74 Å². The molecule has 0 N–H and O–H groups in total. The summed E-state index contributed by atoms with van der Waals surface area (Å²) in [6.07, 6.45) is 16.4. The van der Waals surface area contributed by atoms with Crippen LogP contribution in [0.1, 0.15) is 52.9 Å². The number of fused-ring (bicyclic) bond motifs is 5. The van der Waals surface area contributed by atoms with Crippen molar-refractivity contribution in [3.63, 3.8) is 0 Å². The van der Waals surface area contributed by atoms with E-state index in [1.807, 2.05) is 18.5 Å². The fourth-order valence-corrected chi connectivity index (χ4v) is 7.40. The molecule has 0 aromatic carbocycles. The Labute approximate surface area is 189 Å². The maximum Gasteiger partial charge on any atom is 0.303 e. The van der Waals surface area contributed by atoms with Gasteiger partial charge in [0.2, 0.25) is 0 Å². The third-order valence-corrected chi connectivity index (χ3v) is 8.92. The fraction of sp³-hybridized carbons (Fsp3) is 0.556. The molecule has 0 aromatic heterocycles. The number of allylic oxidation sites excluding steroid dienone is 7. The average Bonchev–Trinajstić information content (AvgIpc) is 3.38. The molecule has 2 saturated carbocycles. The standard InChI is InChI=1S/C27H31NO4/c1-16(29)32-15-24(31)25-21(17-8-11-28-14-17)13-23-20-5-4-18-12-19(30)6-9-26(18,2)22(20)7-10-27(23,25)3/h6-7,9,11-12,14,20-21,23,25H,4-5,8,10,13,15H2,1-3H3/t20?,21-,23?,25+,26-,27-/m0/s1. The Morgan fingerprint density at radius 1 is 1.25 bits per heavy atom. The molecule has 4 aliphatic carbocycles. The van der Waals surface area contributed by atoms with Crippen molar-refractivity contribution in [3.05, 3.63) is 47.2 Å². The van der Waals surface area contributed by atoms with Gasteiger partial charge in [0, 0.05) is 37.1 Å². The number of Topliss-reactive ketones (excluding diaryl/α,β-unsaturated/α-hetero) is 1. The molecule has 0 aromatic rings. The Hall–Kier alpha value is -2.56. The Morgan fingerprint density at radius 2 is 2.06 bits per heavy atom. The zero-order valence-corrected chi connectivity index (χ0v) is 19.1. The minimum atomic E-state index is -0.415. The molecule has 5 aliphatic rings. The van der Waals surface area contributed by atoms with E-state index in [-0.39, 0.29) is 40.8 Å². The van der Waals surface area contributed by atoms with E-state index in [1.54, 1.807) is 6.08 Å². The fourth-order valence-electron chi connectivity index (χ4n) is 7.40. The minimum Gasteiger partial charge on any atom is -0.458 e. The molecule has 2 unspecified atom stereocenters. The molecule has 2 fully saturated rings. The van der Waals surface area contributed by atoms with Crippen LogP contribution in [0.5, 0.6) is 0 Å². The number of ether oxygens (including phenoxy) is 1. The number of carbonyl (C=O) groups excluding carboxylic acids is 3. The highest BCUT2D eigenvalue weighted by atomic mass is 16.5. The van der Waals surface area contributed by atoms with Crippen molar-refractivity contribution in [2.45, 2.75) is 52.9 Å². The van der Waals surface area contributed by atoms with E-state index >= 15 is 0 Å². The van der Waals surface area contributed by atoms with Gasteiger partial charge in [-0.1, -0.05) is 30.2 Å². The van der Waals surface area contributed by atoms with Crippen molar-refractivity contribution in [1.82, 2.24) is 0 Å². The molecular formula is C27H31NO4. The summed E-state index contributed by atoms with van der Waals surface area (Å²) in [6.45, 7) is 5.71. The third-order valence-electron chi connectivity index (χ3n) is 8.92. The van der Waals surface area contributed by atoms with Crippen LogP contribution in [0.3, 0.4) is 0 Å². The van der Waals surface area contributed by atoms with Crippen LogP contribution < -0.4 is 0 Å². The highest BCUT2D eigenvalue weighted by molar-refractivity contribution is 6.01. The van der Waals surface area contributed by atoms with Gasteiger partial charge in [0.05, 0.1) is 0 Å². The molecule has 0 bridgehead atoms. The molecule has 0 amide bonds. The predicted octanol–water partition coefficient (Wildman–Crippen LogP) is 4.55. The smallest absolute Gasteiger partial charge is 0.303 e. The van der Waals surface area contributed by atoms with E-state index in [0.29, 0.717) is 11.8 Å². The average molecular weight is 434 g/mol. The molecular weight excluding hydrogens is 402 g/mol. The Balaban J connectivity index is 1.52. The van der Waals surface area contributed by atoms with Gasteiger partial charge in [-0.15, -0.1) is 0 Å². The minimum absolute atomic E-state index is 0.0330. The van der Waals surface area contributed by atoms with Gasteiger partial charge in [-0.2, -0.15) is 0 Å². The zero-order chi connectivity index (χ0) is 22.7. The van der Waals surface area contributed by atoms with Gasteiger partial charge in [0.1, 0.15) is 6.61 Å². The van der Waals surface area contributed by atoms with E-state index in [0.717, 1.165) is 32.1 Å². The van der Waals surface area contributed by atoms with Crippen molar-refractivity contribution in [1.29, 1.82) is 0 Å². The summed E-state index contributed by atoms with van der Waals surface area (Å²) in [5.74, 6) is 0.438. The summed E-state index contributed by atoms with van der Waals surface area (Å²) >= 11 is 0. The number of aliphatic imine (C=N–C) groups is 1. The van der Waals surface area contributed by atoms with E-state index < -0.39 is 5.97 Å². The zero-order valence-electron chi connectivity index (χ0n) is 19.1. The largest absolute Gasteiger partial charge is 0.458 e. The van der Waals surface area contributed by atoms with Gasteiger partial charge in [0.25, 0.3) is 0 Å². The number of carbonyl (C=O) groups is 3. The first-order chi connectivity index (χ1) is 15.2. The second-order valence-corrected chi connectivity index (χ2v) is 10.5. The van der Waals surface area contributed by atoms with E-state index in [9.17, 15) is 14.4 Å². The van der Waals surface area contributed by atoms with Crippen LogP contribution in [0.25, 0.3) is 0 Å². The molecule has 32 heavy (non-hydrogen) atoms. The Kier molecular flexibility index (Phi) is 4.99. The molecule has 6 atom stereocenters. The van der Waals surface area contributed by atoms with Crippen LogP contribution in [0.2, 0.25) is 0 Å². The molecule has 0 spiro atoms. The normalized spacial score (nSPS) is 39.5. The second-order valence-electron chi connectivity index (χ2n) is 10.5. The number of hydrogen-bond donors (Lipinski definition) is 0. The highest BCUT2D eigenvalue weighted by Crippen LogP contribution is 2.66. The summed E-state index contributed by atoms with van der Waals surface area (Å²) in [4.78, 5) is 41.2. The number of nitrogens with zero attached hydrogens (tertiary/aromatic N) is 1. The van der Waals surface area contributed by atoms with Crippen LogP contribution in [0.4, 0.5) is 0 Å². The Bertz CT molecular complexity index is 1040. The van der Waals surface area contributed by atoms with E-state index in [2.05, 4.69) is 31.0 Å². The van der Waals surface area contributed by atoms with Crippen LogP contribution in [-0.4, -0.2) is 30.4 Å². The predicted molar refractivity (Wildman–Crippen MR) is 122 cm³/mol. The molecule has 1 aliphatic heterocycles. The van der Waals surface area contributed by atoms with Crippen LogP contribution >= 0.6 is 0 Å². The first-order valence-electron chi connectivity index (χ1n) is 11.8. The van der Waals surface area contributed by atoms with Gasteiger partial charge in [0.15, 0.2) is 11.6 Å². The van der Waals surface area contributed by atoms with Crippen LogP contribution in [-0.2, 0) is 19.1 Å². The Morgan fingerprint density at radius 3 is 2.78 bits per heavy atom. The lowest BCUT2D eigenvalue weighted by molar-refractivity contribution is -0.148. The molecule has 5 nitrogen and oxygen atoms in total. The molecule has 0 saturated heterocycles. The van der Waals surface area contributed by atoms with Crippen LogP contribution in [0.15, 0.2) is 52.2 Å². The maximum atomic E-state index is 13.4. The number of ketones is 2. The first-order valence-corrected chi connectivity index (χ1v) is 11.8. The lowest BCUT2D eigenvalue weighted by Gasteiger charge is -2.52. The van der Waals surface area contributed by atoms with Crippen molar-refractivity contribution in [3.8, 4) is 0 Å². The molecule has 0 radical (unpaired) electrons. The lowest BCUT2D eigenvalue weighted by atomic mass is 9.52. The maximum absolute atomic E-state index is 13.4. The summed E-state index contributed by atoms with van der Waals surface area (Å²) in [7, 11) is 0. The quantitative estimate of drug-likeness (QED) is 0.482. The summed E-state index contributed by atoms with van der Waals surface area (Å²) in [5.41, 5.74) is 3.51. The number of rotatable bonds is 4. The topological polar surface area (TPSA) is 72.8 Å². The monoisotopic (exact) mass is 433 g/mol. The highest BCUT2D eigenvalue weighted by Gasteiger charge is 2.60. The van der Waals surface area contributed by atoms with Crippen molar-refractivity contribution in [2.75, 3.05) is 6.61 Å². The molecule has 168 valence electrons. The molecule has 5 heteroatoms. The third kappa shape index (κ3) is 3.12. The lowest BCUT2D eigenvalue weighted by Crippen LogP contribution is -2.45. The summed E-state index contributed by atoms with van der Waals surface area (Å²) in [5, 5.41) is 0.